The molecule has 4 aromatic carbocycles. The van der Waals surface area contributed by atoms with Crippen molar-refractivity contribution in [2.45, 2.75) is 6.92 Å². The summed E-state index contributed by atoms with van der Waals surface area (Å²) in [7, 11) is 0. The van der Waals surface area contributed by atoms with Crippen molar-refractivity contribution in [3.63, 3.8) is 0 Å². The molecule has 0 aliphatic carbocycles. The number of para-hydroxylation sites is 1. The van der Waals surface area contributed by atoms with Crippen molar-refractivity contribution in [2.24, 2.45) is 0 Å². The number of rotatable bonds is 6. The Balaban J connectivity index is 1.40. The summed E-state index contributed by atoms with van der Waals surface area (Å²) in [6.07, 6.45) is 1.52. The second-order valence-electron chi connectivity index (χ2n) is 8.67. The fourth-order valence-electron chi connectivity index (χ4n) is 4.03. The van der Waals surface area contributed by atoms with E-state index in [2.05, 4.69) is 15.6 Å². The lowest BCUT2D eigenvalue weighted by Crippen LogP contribution is -2.18. The fourth-order valence-corrected chi connectivity index (χ4v) is 4.20. The van der Waals surface area contributed by atoms with Crippen LogP contribution in [0.2, 0.25) is 5.02 Å². The topological polar surface area (TPSA) is 80.3 Å². The minimum atomic E-state index is -1.68. The molecule has 1 heterocycles. The van der Waals surface area contributed by atoms with E-state index in [9.17, 15) is 22.8 Å². The number of fused-ring (bicyclic) bond motifs is 1. The van der Waals surface area contributed by atoms with Crippen molar-refractivity contribution >= 4 is 45.7 Å². The van der Waals surface area contributed by atoms with Crippen molar-refractivity contribution in [3.05, 3.63) is 124 Å². The molecule has 0 atom stereocenters. The average Bonchev–Trinajstić information content (AvgIpc) is 2.96. The van der Waals surface area contributed by atoms with Crippen LogP contribution in [0.1, 0.15) is 26.3 Å². The van der Waals surface area contributed by atoms with Gasteiger partial charge in [0.05, 0.1) is 16.2 Å². The molecule has 0 saturated heterocycles. The van der Waals surface area contributed by atoms with Crippen LogP contribution in [0.4, 0.5) is 24.5 Å². The first-order valence-corrected chi connectivity index (χ1v) is 12.3. The van der Waals surface area contributed by atoms with Crippen LogP contribution in [0.15, 0.2) is 85.1 Å². The molecular formula is C30H19ClF3N3O3. The summed E-state index contributed by atoms with van der Waals surface area (Å²) in [4.78, 5) is 29.7. The van der Waals surface area contributed by atoms with Crippen molar-refractivity contribution in [3.8, 4) is 11.5 Å². The lowest BCUT2D eigenvalue weighted by molar-refractivity contribution is 0.101. The molecule has 0 bridgehead atoms. The molecule has 40 heavy (non-hydrogen) atoms. The molecule has 10 heteroatoms. The summed E-state index contributed by atoms with van der Waals surface area (Å²) in [5, 5.41) is 5.08. The highest BCUT2D eigenvalue weighted by Crippen LogP contribution is 2.34. The normalized spacial score (nSPS) is 10.8. The third-order valence-electron chi connectivity index (χ3n) is 6.04. The van der Waals surface area contributed by atoms with Crippen LogP contribution >= 0.6 is 11.6 Å². The van der Waals surface area contributed by atoms with E-state index >= 15 is 0 Å². The van der Waals surface area contributed by atoms with Gasteiger partial charge in [0.1, 0.15) is 22.9 Å². The Bertz CT molecular complexity index is 1750. The zero-order chi connectivity index (χ0) is 28.4. The maximum atomic E-state index is 14.6. The largest absolute Gasteiger partial charge is 0.457 e. The van der Waals surface area contributed by atoms with Gasteiger partial charge in [-0.2, -0.15) is 0 Å². The first-order valence-electron chi connectivity index (χ1n) is 11.9. The monoisotopic (exact) mass is 561 g/mol. The summed E-state index contributed by atoms with van der Waals surface area (Å²) >= 11 is 5.60. The second kappa shape index (κ2) is 11.1. The lowest BCUT2D eigenvalue weighted by Gasteiger charge is -2.13. The van der Waals surface area contributed by atoms with Gasteiger partial charge in [-0.1, -0.05) is 41.9 Å². The number of ether oxygens (including phenoxy) is 1. The Kier molecular flexibility index (Phi) is 7.39. The summed E-state index contributed by atoms with van der Waals surface area (Å²) < 4.78 is 49.0. The molecule has 5 aromatic rings. The molecule has 2 amide bonds. The summed E-state index contributed by atoms with van der Waals surface area (Å²) in [6.45, 7) is 1.14. The zero-order valence-electron chi connectivity index (χ0n) is 20.8. The Labute approximate surface area is 231 Å². The number of halogens is 4. The first kappa shape index (κ1) is 26.7. The van der Waals surface area contributed by atoms with Crippen LogP contribution in [0.3, 0.4) is 0 Å². The molecule has 200 valence electrons. The second-order valence-corrected chi connectivity index (χ2v) is 9.05. The van der Waals surface area contributed by atoms with Crippen molar-refractivity contribution < 1.29 is 27.5 Å². The summed E-state index contributed by atoms with van der Waals surface area (Å²) in [5.41, 5.74) is 0.125. The smallest absolute Gasteiger partial charge is 0.261 e. The van der Waals surface area contributed by atoms with E-state index in [0.29, 0.717) is 27.9 Å². The number of nitrogens with one attached hydrogen (secondary N) is 2. The van der Waals surface area contributed by atoms with Gasteiger partial charge in [0.2, 0.25) is 0 Å². The van der Waals surface area contributed by atoms with Crippen LogP contribution in [0.5, 0.6) is 11.5 Å². The molecule has 0 radical (unpaired) electrons. The van der Waals surface area contributed by atoms with Gasteiger partial charge in [-0.25, -0.2) is 13.2 Å². The van der Waals surface area contributed by atoms with Crippen LogP contribution in [0, 0.1) is 24.4 Å². The Morgan fingerprint density at radius 2 is 1.57 bits per heavy atom. The van der Waals surface area contributed by atoms with Gasteiger partial charge in [0.25, 0.3) is 11.8 Å². The van der Waals surface area contributed by atoms with Gasteiger partial charge in [-0.3, -0.25) is 14.6 Å². The van der Waals surface area contributed by atoms with E-state index in [1.807, 2.05) is 6.07 Å². The third-order valence-corrected chi connectivity index (χ3v) is 6.49. The molecule has 1 aromatic heterocycles. The summed E-state index contributed by atoms with van der Waals surface area (Å²) in [6, 6.07) is 21.7. The number of aromatic nitrogens is 1. The van der Waals surface area contributed by atoms with Crippen LogP contribution < -0.4 is 15.4 Å². The first-order chi connectivity index (χ1) is 19.2. The number of hydrogen-bond acceptors (Lipinski definition) is 4. The Morgan fingerprint density at radius 1 is 0.825 bits per heavy atom. The van der Waals surface area contributed by atoms with Gasteiger partial charge >= 0.3 is 0 Å². The van der Waals surface area contributed by atoms with Crippen LogP contribution in [-0.2, 0) is 0 Å². The Hall–Kier alpha value is -4.89. The van der Waals surface area contributed by atoms with E-state index in [0.717, 1.165) is 6.92 Å². The van der Waals surface area contributed by atoms with Gasteiger partial charge in [-0.05, 0) is 49.4 Å². The minimum absolute atomic E-state index is 0.142. The predicted molar refractivity (Wildman–Crippen MR) is 147 cm³/mol. The maximum absolute atomic E-state index is 14.6. The van der Waals surface area contributed by atoms with E-state index in [-0.39, 0.29) is 22.9 Å². The summed E-state index contributed by atoms with van der Waals surface area (Å²) in [5.74, 6) is -5.26. The van der Waals surface area contributed by atoms with Gasteiger partial charge < -0.3 is 15.4 Å². The lowest BCUT2D eigenvalue weighted by atomic mass is 10.1. The SMILES string of the molecule is Cc1c(F)c(C(=O)Nc2cccc(Oc3ccnc4c(NC(=O)c5ccccc5)cccc34)c2)c(F)c(F)c1Cl. The highest BCUT2D eigenvalue weighted by atomic mass is 35.5. The number of anilines is 2. The van der Waals surface area contributed by atoms with Gasteiger partial charge in [0, 0.05) is 34.5 Å². The van der Waals surface area contributed by atoms with Crippen LogP contribution in [-0.4, -0.2) is 16.8 Å². The molecular weight excluding hydrogens is 543 g/mol. The zero-order valence-corrected chi connectivity index (χ0v) is 21.5. The molecule has 0 unspecified atom stereocenters. The van der Waals surface area contributed by atoms with Crippen molar-refractivity contribution in [1.29, 1.82) is 0 Å². The molecule has 0 fully saturated rings. The predicted octanol–water partition coefficient (Wildman–Crippen LogP) is 7.91. The number of hydrogen-bond donors (Lipinski definition) is 2. The van der Waals surface area contributed by atoms with Crippen molar-refractivity contribution in [2.75, 3.05) is 10.6 Å². The standard InChI is InChI=1S/C30H19ClF3N3O3/c1-16-24(31)27(34)26(33)23(25(16)32)30(39)36-18-9-5-10-19(15-18)40-22-13-14-35-28-20(22)11-6-12-21(28)37-29(38)17-7-3-2-4-8-17/h2-15H,1H3,(H,36,39)(H,37,38). The quantitative estimate of drug-likeness (QED) is 0.163. The molecule has 0 spiro atoms. The molecule has 0 saturated carbocycles. The third kappa shape index (κ3) is 5.19. The Morgan fingerprint density at radius 3 is 2.35 bits per heavy atom. The maximum Gasteiger partial charge on any atom is 0.261 e. The van der Waals surface area contributed by atoms with Crippen LogP contribution in [0.25, 0.3) is 10.9 Å². The average molecular weight is 562 g/mol. The molecule has 2 N–H and O–H groups in total. The van der Waals surface area contributed by atoms with Gasteiger partial charge in [-0.15, -0.1) is 0 Å². The minimum Gasteiger partial charge on any atom is -0.457 e. The highest BCUT2D eigenvalue weighted by molar-refractivity contribution is 6.31. The number of benzene rings is 4. The van der Waals surface area contributed by atoms with Crippen molar-refractivity contribution in [1.82, 2.24) is 4.98 Å². The van der Waals surface area contributed by atoms with Gasteiger partial charge in [0.15, 0.2) is 11.6 Å². The van der Waals surface area contributed by atoms with E-state index < -0.39 is 33.9 Å². The molecule has 0 aliphatic heterocycles. The van der Waals surface area contributed by atoms with E-state index in [1.165, 1.54) is 18.3 Å². The number of nitrogens with zero attached hydrogens (tertiary/aromatic N) is 1. The number of pyridine rings is 1. The molecule has 6 nitrogen and oxygen atoms in total. The fraction of sp³-hybridized carbons (Fsp3) is 0.0333. The molecule has 5 rings (SSSR count). The molecule has 0 aliphatic rings. The number of amides is 2. The number of carbonyl (C=O) groups excluding carboxylic acids is 2. The number of carbonyl (C=O) groups is 2. The highest BCUT2D eigenvalue weighted by Gasteiger charge is 2.26. The van der Waals surface area contributed by atoms with E-state index in [4.69, 9.17) is 16.3 Å². The van der Waals surface area contributed by atoms with E-state index in [1.54, 1.807) is 60.7 Å².